The van der Waals surface area contributed by atoms with Crippen LogP contribution in [-0.4, -0.2) is 31.2 Å². The van der Waals surface area contributed by atoms with E-state index in [1.165, 1.54) is 30.0 Å². The highest BCUT2D eigenvalue weighted by Crippen LogP contribution is 2.38. The fraction of sp³-hybridized carbons (Fsp3) is 0.263. The van der Waals surface area contributed by atoms with Crippen molar-refractivity contribution in [2.75, 3.05) is 16.4 Å². The van der Waals surface area contributed by atoms with Gasteiger partial charge in [0.05, 0.1) is 32.3 Å². The lowest BCUT2D eigenvalue weighted by molar-refractivity contribution is -0.116. The van der Waals surface area contributed by atoms with E-state index in [0.29, 0.717) is 12.1 Å². The van der Waals surface area contributed by atoms with Crippen LogP contribution in [0.15, 0.2) is 46.2 Å². The molecule has 1 aliphatic heterocycles. The predicted octanol–water partition coefficient (Wildman–Crippen LogP) is 4.10. The highest BCUT2D eigenvalue weighted by molar-refractivity contribution is 8.01. The number of nitrogens with one attached hydrogen (secondary N) is 2. The van der Waals surface area contributed by atoms with Crippen LogP contribution >= 0.6 is 23.4 Å². The zero-order chi connectivity index (χ0) is 21.2. The molecule has 0 aliphatic carbocycles. The Morgan fingerprint density at radius 2 is 2.03 bits per heavy atom. The maximum absolute atomic E-state index is 13.1. The lowest BCUT2D eigenvalue weighted by atomic mass is 10.2. The first-order valence-corrected chi connectivity index (χ1v) is 11.7. The van der Waals surface area contributed by atoms with E-state index in [1.54, 1.807) is 6.07 Å². The molecule has 0 spiro atoms. The molecule has 0 fully saturated rings. The van der Waals surface area contributed by atoms with Gasteiger partial charge in [0.2, 0.25) is 11.8 Å². The Kier molecular flexibility index (Phi) is 6.50. The molecule has 2 amide bonds. The number of halogens is 2. The number of carbonyl (C=O) groups is 2. The van der Waals surface area contributed by atoms with Gasteiger partial charge in [0, 0.05) is 11.3 Å². The topological polar surface area (TPSA) is 92.3 Å². The van der Waals surface area contributed by atoms with Gasteiger partial charge in [-0.15, -0.1) is 11.8 Å². The van der Waals surface area contributed by atoms with Gasteiger partial charge in [0.25, 0.3) is 0 Å². The Morgan fingerprint density at radius 3 is 2.72 bits per heavy atom. The summed E-state index contributed by atoms with van der Waals surface area (Å²) in [5, 5.41) is 5.02. The number of hydrogen-bond donors (Lipinski definition) is 2. The van der Waals surface area contributed by atoms with Gasteiger partial charge in [-0.2, -0.15) is 0 Å². The van der Waals surface area contributed by atoms with Crippen LogP contribution in [0.3, 0.4) is 0 Å². The number of thioether (sulfide) groups is 1. The molecule has 6 nitrogen and oxygen atoms in total. The molecule has 0 saturated heterocycles. The van der Waals surface area contributed by atoms with Crippen LogP contribution < -0.4 is 10.6 Å². The number of anilines is 2. The number of hydrogen-bond acceptors (Lipinski definition) is 5. The van der Waals surface area contributed by atoms with Crippen molar-refractivity contribution >= 4 is 56.4 Å². The highest BCUT2D eigenvalue weighted by atomic mass is 35.5. The number of carbonyl (C=O) groups excluding carboxylic acids is 2. The number of benzene rings is 2. The van der Waals surface area contributed by atoms with Crippen LogP contribution in [0.1, 0.15) is 19.8 Å². The molecule has 0 aromatic heterocycles. The van der Waals surface area contributed by atoms with Gasteiger partial charge in [-0.25, -0.2) is 12.8 Å². The third kappa shape index (κ3) is 5.09. The third-order valence-electron chi connectivity index (χ3n) is 4.30. The molecule has 1 heterocycles. The summed E-state index contributed by atoms with van der Waals surface area (Å²) >= 11 is 7.25. The van der Waals surface area contributed by atoms with Crippen molar-refractivity contribution in [3.8, 4) is 0 Å². The Balaban J connectivity index is 1.67. The standard InChI is InChI=1S/C19H18ClFN2O4S2/c1-2-16-19(25)23-15-10-12(4-6-17(15)28-16)29(26,27)8-7-18(24)22-14-5-3-11(21)9-13(14)20/h3-6,9-10,16H,2,7-8H2,1H3,(H,22,24)(H,23,25)/t16-/m0/s1. The zero-order valence-corrected chi connectivity index (χ0v) is 17.8. The second-order valence-electron chi connectivity index (χ2n) is 6.40. The van der Waals surface area contributed by atoms with Crippen LogP contribution in [0.2, 0.25) is 5.02 Å². The molecule has 0 unspecified atom stereocenters. The zero-order valence-electron chi connectivity index (χ0n) is 15.4. The van der Waals surface area contributed by atoms with Crippen molar-refractivity contribution in [1.82, 2.24) is 0 Å². The van der Waals surface area contributed by atoms with Gasteiger partial charge >= 0.3 is 0 Å². The largest absolute Gasteiger partial charge is 0.325 e. The molecule has 1 aliphatic rings. The van der Waals surface area contributed by atoms with Crippen LogP contribution in [0.4, 0.5) is 15.8 Å². The molecule has 3 rings (SSSR count). The first-order valence-electron chi connectivity index (χ1n) is 8.79. The van der Waals surface area contributed by atoms with Gasteiger partial charge in [-0.05, 0) is 42.8 Å². The fourth-order valence-corrected chi connectivity index (χ4v) is 5.24. The van der Waals surface area contributed by atoms with Gasteiger partial charge in [0.15, 0.2) is 9.84 Å². The summed E-state index contributed by atoms with van der Waals surface area (Å²) in [7, 11) is -3.75. The maximum Gasteiger partial charge on any atom is 0.237 e. The second-order valence-corrected chi connectivity index (χ2v) is 10.2. The van der Waals surface area contributed by atoms with Crippen molar-refractivity contribution in [3.63, 3.8) is 0 Å². The molecule has 0 saturated carbocycles. The first kappa shape index (κ1) is 21.6. The van der Waals surface area contributed by atoms with E-state index in [0.717, 1.165) is 17.0 Å². The fourth-order valence-electron chi connectivity index (χ4n) is 2.74. The smallest absolute Gasteiger partial charge is 0.237 e. The summed E-state index contributed by atoms with van der Waals surface area (Å²) in [6.45, 7) is 1.91. The molecule has 2 aromatic rings. The summed E-state index contributed by atoms with van der Waals surface area (Å²) in [5.74, 6) is -1.68. The molecule has 29 heavy (non-hydrogen) atoms. The molecule has 2 aromatic carbocycles. The number of sulfone groups is 1. The predicted molar refractivity (Wildman–Crippen MR) is 112 cm³/mol. The second kappa shape index (κ2) is 8.73. The molecule has 0 radical (unpaired) electrons. The highest BCUT2D eigenvalue weighted by Gasteiger charge is 2.27. The van der Waals surface area contributed by atoms with Crippen molar-refractivity contribution in [2.45, 2.75) is 34.8 Å². The monoisotopic (exact) mass is 456 g/mol. The van der Waals surface area contributed by atoms with Crippen LogP contribution in [0, 0.1) is 5.82 Å². The minimum atomic E-state index is -3.75. The summed E-state index contributed by atoms with van der Waals surface area (Å²) < 4.78 is 38.3. The Morgan fingerprint density at radius 1 is 1.28 bits per heavy atom. The van der Waals surface area contributed by atoms with Gasteiger partial charge in [0.1, 0.15) is 5.82 Å². The molecular formula is C19H18ClFN2O4S2. The SMILES string of the molecule is CC[C@@H]1Sc2ccc(S(=O)(=O)CCC(=O)Nc3ccc(F)cc3Cl)cc2NC1=O. The van der Waals surface area contributed by atoms with E-state index in [4.69, 9.17) is 11.6 Å². The number of rotatable bonds is 6. The van der Waals surface area contributed by atoms with Crippen LogP contribution in [0.5, 0.6) is 0 Å². The van der Waals surface area contributed by atoms with E-state index < -0.39 is 27.3 Å². The van der Waals surface area contributed by atoms with Crippen molar-refractivity contribution in [1.29, 1.82) is 0 Å². The number of fused-ring (bicyclic) bond motifs is 1. The van der Waals surface area contributed by atoms with Gasteiger partial charge < -0.3 is 10.6 Å². The quantitative estimate of drug-likeness (QED) is 0.682. The van der Waals surface area contributed by atoms with E-state index in [-0.39, 0.29) is 33.2 Å². The molecule has 0 bridgehead atoms. The number of amides is 2. The van der Waals surface area contributed by atoms with E-state index in [1.807, 2.05) is 6.92 Å². The van der Waals surface area contributed by atoms with Crippen LogP contribution in [0.25, 0.3) is 0 Å². The molecule has 154 valence electrons. The molecule has 2 N–H and O–H groups in total. The lowest BCUT2D eigenvalue weighted by Gasteiger charge is -2.23. The maximum atomic E-state index is 13.1. The van der Waals surface area contributed by atoms with E-state index in [9.17, 15) is 22.4 Å². The Hall–Kier alpha value is -2.10. The summed E-state index contributed by atoms with van der Waals surface area (Å²) in [6.07, 6.45) is 0.370. The first-order chi connectivity index (χ1) is 13.7. The van der Waals surface area contributed by atoms with E-state index >= 15 is 0 Å². The van der Waals surface area contributed by atoms with E-state index in [2.05, 4.69) is 10.6 Å². The van der Waals surface area contributed by atoms with Crippen molar-refractivity contribution in [2.24, 2.45) is 0 Å². The summed E-state index contributed by atoms with van der Waals surface area (Å²) in [4.78, 5) is 24.9. The average molecular weight is 457 g/mol. The lowest BCUT2D eigenvalue weighted by Crippen LogP contribution is -2.28. The molecule has 1 atom stereocenters. The van der Waals surface area contributed by atoms with Crippen LogP contribution in [-0.2, 0) is 19.4 Å². The average Bonchev–Trinajstić information content (AvgIpc) is 2.67. The Bertz CT molecular complexity index is 1080. The van der Waals surface area contributed by atoms with Gasteiger partial charge in [-0.3, -0.25) is 9.59 Å². The van der Waals surface area contributed by atoms with Crippen molar-refractivity contribution in [3.05, 3.63) is 47.2 Å². The van der Waals surface area contributed by atoms with Gasteiger partial charge in [-0.1, -0.05) is 18.5 Å². The Labute approximate surface area is 177 Å². The normalized spacial score (nSPS) is 16.1. The minimum Gasteiger partial charge on any atom is -0.325 e. The third-order valence-corrected chi connectivity index (χ3v) is 7.77. The molecular weight excluding hydrogens is 439 g/mol. The minimum absolute atomic E-state index is 0.0227. The summed E-state index contributed by atoms with van der Waals surface area (Å²) in [6, 6.07) is 8.04. The molecule has 10 heteroatoms. The summed E-state index contributed by atoms with van der Waals surface area (Å²) in [5.41, 5.74) is 0.655. The van der Waals surface area contributed by atoms with Crippen molar-refractivity contribution < 1.29 is 22.4 Å².